The van der Waals surface area contributed by atoms with E-state index in [-0.39, 0.29) is 6.04 Å². The van der Waals surface area contributed by atoms with Gasteiger partial charge in [-0.1, -0.05) is 60.5 Å². The summed E-state index contributed by atoms with van der Waals surface area (Å²) in [6.07, 6.45) is 1.62. The monoisotopic (exact) mass is 308 g/mol. The Hall–Kier alpha value is -1.06. The Morgan fingerprint density at radius 3 is 2.30 bits per heavy atom. The molecule has 106 valence electrons. The van der Waals surface area contributed by atoms with Crippen molar-refractivity contribution in [2.24, 2.45) is 5.84 Å². The molecule has 3 N–H and O–H groups in total. The zero-order valence-corrected chi connectivity index (χ0v) is 12.9. The molecule has 1 unspecified atom stereocenters. The maximum atomic E-state index is 6.24. The molecule has 0 amide bonds. The van der Waals surface area contributed by atoms with Crippen LogP contribution < -0.4 is 11.3 Å². The minimum atomic E-state index is -0.0106. The third kappa shape index (κ3) is 3.33. The third-order valence-electron chi connectivity index (χ3n) is 3.48. The molecule has 2 aromatic rings. The fraction of sp³-hybridized carbons (Fsp3) is 0.250. The van der Waals surface area contributed by atoms with Gasteiger partial charge in [0.05, 0.1) is 6.04 Å². The Bertz CT molecular complexity index is 564. The smallest absolute Gasteiger partial charge is 0.0504 e. The van der Waals surface area contributed by atoms with Gasteiger partial charge in [0.2, 0.25) is 0 Å². The van der Waals surface area contributed by atoms with Crippen molar-refractivity contribution in [1.29, 1.82) is 0 Å². The van der Waals surface area contributed by atoms with Crippen LogP contribution in [0.15, 0.2) is 42.5 Å². The Balaban J connectivity index is 2.34. The number of hydrogen-bond donors (Lipinski definition) is 2. The molecule has 2 aromatic carbocycles. The van der Waals surface area contributed by atoms with Gasteiger partial charge >= 0.3 is 0 Å². The van der Waals surface area contributed by atoms with Gasteiger partial charge in [0, 0.05) is 10.0 Å². The van der Waals surface area contributed by atoms with Gasteiger partial charge in [-0.3, -0.25) is 11.3 Å². The Labute approximate surface area is 129 Å². The zero-order chi connectivity index (χ0) is 14.5. The molecule has 1 atom stereocenters. The second kappa shape index (κ2) is 7.09. The molecule has 0 bridgehead atoms. The lowest BCUT2D eigenvalue weighted by Gasteiger charge is -2.20. The molecule has 0 fully saturated rings. The van der Waals surface area contributed by atoms with E-state index in [1.165, 1.54) is 11.1 Å². The van der Waals surface area contributed by atoms with Crippen LogP contribution in [0.5, 0.6) is 0 Å². The largest absolute Gasteiger partial charge is 0.271 e. The minimum absolute atomic E-state index is 0.0106. The predicted molar refractivity (Wildman–Crippen MR) is 86.1 cm³/mol. The van der Waals surface area contributed by atoms with E-state index < -0.39 is 0 Å². The standard InChI is InChI=1S/C16H18Cl2N2/c1-2-11-6-3-4-7-12(11)16(20-19)10-13-14(17)8-5-9-15(13)18/h3-9,16,20H,2,10,19H2,1H3. The summed E-state index contributed by atoms with van der Waals surface area (Å²) < 4.78 is 0. The fourth-order valence-electron chi connectivity index (χ4n) is 2.39. The molecule has 0 saturated carbocycles. The molecular formula is C16H18Cl2N2. The first-order chi connectivity index (χ1) is 9.67. The van der Waals surface area contributed by atoms with E-state index in [4.69, 9.17) is 29.0 Å². The molecule has 0 aliphatic heterocycles. The lowest BCUT2D eigenvalue weighted by molar-refractivity contribution is 0.548. The van der Waals surface area contributed by atoms with Crippen molar-refractivity contribution >= 4 is 23.2 Å². The maximum absolute atomic E-state index is 6.24. The van der Waals surface area contributed by atoms with E-state index in [0.717, 1.165) is 12.0 Å². The highest BCUT2D eigenvalue weighted by Gasteiger charge is 2.16. The van der Waals surface area contributed by atoms with Crippen molar-refractivity contribution in [2.45, 2.75) is 25.8 Å². The van der Waals surface area contributed by atoms with Crippen LogP contribution in [-0.2, 0) is 12.8 Å². The second-order valence-electron chi connectivity index (χ2n) is 4.68. The number of nitrogens with two attached hydrogens (primary N) is 1. The van der Waals surface area contributed by atoms with Crippen molar-refractivity contribution in [1.82, 2.24) is 5.43 Å². The highest BCUT2D eigenvalue weighted by Crippen LogP contribution is 2.30. The van der Waals surface area contributed by atoms with Gasteiger partial charge in [0.25, 0.3) is 0 Å². The summed E-state index contributed by atoms with van der Waals surface area (Å²) in [7, 11) is 0. The summed E-state index contributed by atoms with van der Waals surface area (Å²) in [5.74, 6) is 5.74. The van der Waals surface area contributed by atoms with Crippen LogP contribution in [0.3, 0.4) is 0 Å². The van der Waals surface area contributed by atoms with E-state index in [1.54, 1.807) is 0 Å². The minimum Gasteiger partial charge on any atom is -0.271 e. The molecule has 2 nitrogen and oxygen atoms in total. The van der Waals surface area contributed by atoms with E-state index >= 15 is 0 Å². The first-order valence-electron chi connectivity index (χ1n) is 6.64. The summed E-state index contributed by atoms with van der Waals surface area (Å²) in [6, 6.07) is 13.8. The predicted octanol–water partition coefficient (Wildman–Crippen LogP) is 4.30. The number of hydrogen-bond acceptors (Lipinski definition) is 2. The lowest BCUT2D eigenvalue weighted by Crippen LogP contribution is -2.30. The average molecular weight is 309 g/mol. The SMILES string of the molecule is CCc1ccccc1C(Cc1c(Cl)cccc1Cl)NN. The third-order valence-corrected chi connectivity index (χ3v) is 4.19. The zero-order valence-electron chi connectivity index (χ0n) is 11.4. The van der Waals surface area contributed by atoms with E-state index in [0.29, 0.717) is 16.5 Å². The molecule has 2 rings (SSSR count). The molecule has 0 saturated heterocycles. The number of halogens is 2. The van der Waals surface area contributed by atoms with Gasteiger partial charge in [0.1, 0.15) is 0 Å². The van der Waals surface area contributed by atoms with Crippen molar-refractivity contribution in [3.8, 4) is 0 Å². The number of rotatable bonds is 5. The average Bonchev–Trinajstić information content (AvgIpc) is 2.47. The molecule has 0 radical (unpaired) electrons. The van der Waals surface area contributed by atoms with Crippen LogP contribution in [0.25, 0.3) is 0 Å². The Morgan fingerprint density at radius 1 is 1.05 bits per heavy atom. The highest BCUT2D eigenvalue weighted by molar-refractivity contribution is 6.36. The van der Waals surface area contributed by atoms with Gasteiger partial charge in [0.15, 0.2) is 0 Å². The van der Waals surface area contributed by atoms with Crippen LogP contribution in [0.4, 0.5) is 0 Å². The van der Waals surface area contributed by atoms with Gasteiger partial charge < -0.3 is 0 Å². The summed E-state index contributed by atoms with van der Waals surface area (Å²) in [5, 5.41) is 1.35. The van der Waals surface area contributed by atoms with E-state index in [2.05, 4.69) is 24.5 Å². The highest BCUT2D eigenvalue weighted by atomic mass is 35.5. The molecule has 4 heteroatoms. The molecule has 20 heavy (non-hydrogen) atoms. The van der Waals surface area contributed by atoms with Crippen molar-refractivity contribution in [3.05, 3.63) is 69.2 Å². The maximum Gasteiger partial charge on any atom is 0.0504 e. The topological polar surface area (TPSA) is 38.0 Å². The van der Waals surface area contributed by atoms with Gasteiger partial charge in [-0.05, 0) is 41.7 Å². The Morgan fingerprint density at radius 2 is 1.70 bits per heavy atom. The van der Waals surface area contributed by atoms with Crippen LogP contribution >= 0.6 is 23.2 Å². The first kappa shape index (κ1) is 15.3. The summed E-state index contributed by atoms with van der Waals surface area (Å²) in [5.41, 5.74) is 6.26. The summed E-state index contributed by atoms with van der Waals surface area (Å²) >= 11 is 12.5. The van der Waals surface area contributed by atoms with Crippen LogP contribution in [0.2, 0.25) is 10.0 Å². The van der Waals surface area contributed by atoms with Crippen molar-refractivity contribution < 1.29 is 0 Å². The van der Waals surface area contributed by atoms with Crippen LogP contribution in [-0.4, -0.2) is 0 Å². The summed E-state index contributed by atoms with van der Waals surface area (Å²) in [6.45, 7) is 2.13. The molecule has 0 aliphatic carbocycles. The van der Waals surface area contributed by atoms with Gasteiger partial charge in [-0.2, -0.15) is 0 Å². The van der Waals surface area contributed by atoms with Gasteiger partial charge in [-0.15, -0.1) is 0 Å². The fourth-order valence-corrected chi connectivity index (χ4v) is 2.94. The lowest BCUT2D eigenvalue weighted by atomic mass is 9.94. The number of nitrogens with one attached hydrogen (secondary N) is 1. The Kier molecular flexibility index (Phi) is 5.44. The van der Waals surface area contributed by atoms with Crippen LogP contribution in [0, 0.1) is 0 Å². The molecular weight excluding hydrogens is 291 g/mol. The van der Waals surface area contributed by atoms with Gasteiger partial charge in [-0.25, -0.2) is 0 Å². The first-order valence-corrected chi connectivity index (χ1v) is 7.39. The van der Waals surface area contributed by atoms with Crippen LogP contribution in [0.1, 0.15) is 29.7 Å². The molecule has 0 aromatic heterocycles. The molecule has 0 heterocycles. The van der Waals surface area contributed by atoms with Crippen molar-refractivity contribution in [2.75, 3.05) is 0 Å². The van der Waals surface area contributed by atoms with Crippen molar-refractivity contribution in [3.63, 3.8) is 0 Å². The van der Waals surface area contributed by atoms with E-state index in [9.17, 15) is 0 Å². The number of hydrazine groups is 1. The number of benzene rings is 2. The summed E-state index contributed by atoms with van der Waals surface area (Å²) in [4.78, 5) is 0. The molecule has 0 aliphatic rings. The number of aryl methyl sites for hydroxylation is 1. The molecule has 0 spiro atoms. The second-order valence-corrected chi connectivity index (χ2v) is 5.49. The normalized spacial score (nSPS) is 12.4. The quantitative estimate of drug-likeness (QED) is 0.638. The van der Waals surface area contributed by atoms with E-state index in [1.807, 2.05) is 30.3 Å².